The summed E-state index contributed by atoms with van der Waals surface area (Å²) in [4.78, 5) is 30.0. The van der Waals surface area contributed by atoms with Gasteiger partial charge in [-0.1, -0.05) is 13.0 Å². The quantitative estimate of drug-likeness (QED) is 0.794. The number of anilines is 1. The molecule has 0 unspecified atom stereocenters. The third-order valence-corrected chi connectivity index (χ3v) is 4.04. The lowest BCUT2D eigenvalue weighted by Gasteiger charge is -2.16. The number of rotatable bonds is 4. The molecule has 21 heavy (non-hydrogen) atoms. The number of benzene rings is 1. The molecule has 0 saturated carbocycles. The van der Waals surface area contributed by atoms with Gasteiger partial charge < -0.3 is 0 Å². The predicted octanol–water partition coefficient (Wildman–Crippen LogP) is 2.18. The van der Waals surface area contributed by atoms with Crippen molar-refractivity contribution < 1.29 is 9.59 Å². The van der Waals surface area contributed by atoms with Gasteiger partial charge in [-0.25, -0.2) is 9.67 Å². The van der Waals surface area contributed by atoms with E-state index in [1.807, 2.05) is 6.92 Å². The van der Waals surface area contributed by atoms with Gasteiger partial charge in [-0.05, 0) is 34.5 Å². The Morgan fingerprint density at radius 1 is 1.29 bits per heavy atom. The van der Waals surface area contributed by atoms with Crippen molar-refractivity contribution in [2.75, 3.05) is 4.90 Å². The van der Waals surface area contributed by atoms with Gasteiger partial charge in [0.25, 0.3) is 11.7 Å². The van der Waals surface area contributed by atoms with Crippen LogP contribution in [0.5, 0.6) is 0 Å². The van der Waals surface area contributed by atoms with Crippen LogP contribution in [-0.2, 0) is 17.9 Å². The Labute approximate surface area is 129 Å². The summed E-state index contributed by atoms with van der Waals surface area (Å²) in [6.45, 7) is 3.02. The van der Waals surface area contributed by atoms with Crippen LogP contribution >= 0.6 is 15.9 Å². The van der Waals surface area contributed by atoms with Gasteiger partial charge in [-0.3, -0.25) is 14.5 Å². The standard InChI is InChI=1S/C14H13BrN4O2/c1-2-6-19-11(16-8-17-19)7-18-10-5-3-4-9(15)12(10)13(20)14(18)21/h3-5,8H,2,6-7H2,1H3. The fourth-order valence-corrected chi connectivity index (χ4v) is 2.94. The van der Waals surface area contributed by atoms with Gasteiger partial charge in [0, 0.05) is 11.0 Å². The topological polar surface area (TPSA) is 68.1 Å². The lowest BCUT2D eigenvalue weighted by molar-refractivity contribution is -0.114. The second-order valence-electron chi connectivity index (χ2n) is 4.75. The Bertz CT molecular complexity index is 726. The number of fused-ring (bicyclic) bond motifs is 1. The number of amides is 1. The molecule has 0 aliphatic carbocycles. The zero-order valence-corrected chi connectivity index (χ0v) is 13.0. The van der Waals surface area contributed by atoms with Gasteiger partial charge in [-0.15, -0.1) is 0 Å². The molecule has 1 aromatic carbocycles. The summed E-state index contributed by atoms with van der Waals surface area (Å²) < 4.78 is 2.39. The maximum atomic E-state index is 12.2. The van der Waals surface area contributed by atoms with Crippen LogP contribution in [0.15, 0.2) is 29.0 Å². The van der Waals surface area contributed by atoms with Crippen molar-refractivity contribution in [2.45, 2.75) is 26.4 Å². The van der Waals surface area contributed by atoms with Crippen LogP contribution in [0.4, 0.5) is 5.69 Å². The van der Waals surface area contributed by atoms with Crippen LogP contribution in [-0.4, -0.2) is 26.5 Å². The average molecular weight is 349 g/mol. The molecule has 1 aliphatic heterocycles. The summed E-state index contributed by atoms with van der Waals surface area (Å²) in [5, 5.41) is 4.14. The van der Waals surface area contributed by atoms with Gasteiger partial charge in [0.1, 0.15) is 12.2 Å². The Kier molecular flexibility index (Phi) is 3.59. The number of aryl methyl sites for hydroxylation is 1. The maximum absolute atomic E-state index is 12.2. The minimum Gasteiger partial charge on any atom is -0.297 e. The third kappa shape index (κ3) is 2.27. The fraction of sp³-hybridized carbons (Fsp3) is 0.286. The van der Waals surface area contributed by atoms with Crippen LogP contribution in [0.25, 0.3) is 0 Å². The molecule has 1 amide bonds. The van der Waals surface area contributed by atoms with Crippen molar-refractivity contribution in [1.29, 1.82) is 0 Å². The molecule has 0 saturated heterocycles. The lowest BCUT2D eigenvalue weighted by atomic mass is 10.1. The van der Waals surface area contributed by atoms with E-state index in [1.54, 1.807) is 22.9 Å². The monoisotopic (exact) mass is 348 g/mol. The number of ketones is 1. The first-order chi connectivity index (χ1) is 10.1. The molecular weight excluding hydrogens is 336 g/mol. The zero-order valence-electron chi connectivity index (χ0n) is 11.4. The predicted molar refractivity (Wildman–Crippen MR) is 80.0 cm³/mol. The van der Waals surface area contributed by atoms with E-state index in [0.717, 1.165) is 13.0 Å². The van der Waals surface area contributed by atoms with E-state index in [1.165, 1.54) is 11.2 Å². The number of hydrogen-bond acceptors (Lipinski definition) is 4. The minimum atomic E-state index is -0.525. The molecule has 0 radical (unpaired) electrons. The molecule has 0 spiro atoms. The second kappa shape index (κ2) is 5.40. The number of carbonyl (C=O) groups is 2. The molecule has 6 nitrogen and oxygen atoms in total. The molecule has 2 aromatic rings. The summed E-state index contributed by atoms with van der Waals surface area (Å²) in [7, 11) is 0. The SMILES string of the molecule is CCCn1ncnc1CN1C(=O)C(=O)c2c(Br)cccc21. The van der Waals surface area contributed by atoms with E-state index in [2.05, 4.69) is 26.0 Å². The summed E-state index contributed by atoms with van der Waals surface area (Å²) in [6.07, 6.45) is 2.39. The van der Waals surface area contributed by atoms with Crippen molar-refractivity contribution in [2.24, 2.45) is 0 Å². The average Bonchev–Trinajstić information content (AvgIpc) is 2.99. The Balaban J connectivity index is 1.97. The van der Waals surface area contributed by atoms with Crippen LogP contribution in [0.1, 0.15) is 29.5 Å². The zero-order chi connectivity index (χ0) is 15.0. The van der Waals surface area contributed by atoms with E-state index >= 15 is 0 Å². The molecule has 1 aliphatic rings. The molecule has 0 bridgehead atoms. The normalized spacial score (nSPS) is 13.9. The van der Waals surface area contributed by atoms with E-state index in [4.69, 9.17) is 0 Å². The van der Waals surface area contributed by atoms with E-state index < -0.39 is 11.7 Å². The Morgan fingerprint density at radius 3 is 2.86 bits per heavy atom. The van der Waals surface area contributed by atoms with Crippen LogP contribution in [0.3, 0.4) is 0 Å². The first-order valence-corrected chi connectivity index (χ1v) is 7.44. The van der Waals surface area contributed by atoms with Gasteiger partial charge in [-0.2, -0.15) is 5.10 Å². The van der Waals surface area contributed by atoms with E-state index in [-0.39, 0.29) is 6.54 Å². The molecule has 3 rings (SSSR count). The van der Waals surface area contributed by atoms with Crippen molar-refractivity contribution in [3.8, 4) is 0 Å². The highest BCUT2D eigenvalue weighted by molar-refractivity contribution is 9.10. The first-order valence-electron chi connectivity index (χ1n) is 6.65. The smallest absolute Gasteiger partial charge is 0.297 e. The summed E-state index contributed by atoms with van der Waals surface area (Å²) in [5.41, 5.74) is 1.04. The Morgan fingerprint density at radius 2 is 2.10 bits per heavy atom. The number of Topliss-reactive ketones (excluding diaryl/α,β-unsaturated/α-hetero) is 1. The number of carbonyl (C=O) groups excluding carboxylic acids is 2. The van der Waals surface area contributed by atoms with Crippen LogP contribution in [0.2, 0.25) is 0 Å². The molecular formula is C14H13BrN4O2. The molecule has 7 heteroatoms. The first kappa shape index (κ1) is 13.9. The highest BCUT2D eigenvalue weighted by Crippen LogP contribution is 2.34. The van der Waals surface area contributed by atoms with Crippen molar-refractivity contribution in [1.82, 2.24) is 14.8 Å². The molecule has 1 aromatic heterocycles. The molecule has 2 heterocycles. The summed E-state index contributed by atoms with van der Waals surface area (Å²) in [6, 6.07) is 5.33. The second-order valence-corrected chi connectivity index (χ2v) is 5.61. The number of aromatic nitrogens is 3. The van der Waals surface area contributed by atoms with Crippen LogP contribution < -0.4 is 4.90 Å². The van der Waals surface area contributed by atoms with Gasteiger partial charge in [0.2, 0.25) is 0 Å². The van der Waals surface area contributed by atoms with Gasteiger partial charge in [0.05, 0.1) is 17.8 Å². The molecule has 0 N–H and O–H groups in total. The van der Waals surface area contributed by atoms with Crippen molar-refractivity contribution >= 4 is 33.3 Å². The maximum Gasteiger partial charge on any atom is 0.299 e. The molecule has 108 valence electrons. The van der Waals surface area contributed by atoms with E-state index in [0.29, 0.717) is 21.5 Å². The fourth-order valence-electron chi connectivity index (χ4n) is 2.41. The number of hydrogen-bond donors (Lipinski definition) is 0. The van der Waals surface area contributed by atoms with Crippen molar-refractivity contribution in [3.63, 3.8) is 0 Å². The highest BCUT2D eigenvalue weighted by Gasteiger charge is 2.37. The van der Waals surface area contributed by atoms with E-state index in [9.17, 15) is 9.59 Å². The minimum absolute atomic E-state index is 0.244. The largest absolute Gasteiger partial charge is 0.299 e. The number of nitrogens with zero attached hydrogens (tertiary/aromatic N) is 4. The molecule has 0 fully saturated rings. The highest BCUT2D eigenvalue weighted by atomic mass is 79.9. The van der Waals surface area contributed by atoms with Crippen molar-refractivity contribution in [3.05, 3.63) is 40.4 Å². The third-order valence-electron chi connectivity index (χ3n) is 3.38. The number of halogens is 1. The summed E-state index contributed by atoms with van der Waals surface area (Å²) >= 11 is 3.33. The lowest BCUT2D eigenvalue weighted by Crippen LogP contribution is -2.30. The van der Waals surface area contributed by atoms with Gasteiger partial charge in [0.15, 0.2) is 0 Å². The molecule has 0 atom stereocenters. The van der Waals surface area contributed by atoms with Gasteiger partial charge >= 0.3 is 0 Å². The Hall–Kier alpha value is -2.02. The summed E-state index contributed by atoms with van der Waals surface area (Å²) in [5.74, 6) is -0.340. The van der Waals surface area contributed by atoms with Crippen LogP contribution in [0, 0.1) is 0 Å².